The van der Waals surface area contributed by atoms with Crippen LogP contribution in [0.2, 0.25) is 0 Å². The molecule has 0 spiro atoms. The Morgan fingerprint density at radius 1 is 0.963 bits per heavy atom. The number of imidazole rings is 1. The maximum Gasteiger partial charge on any atom is 0.329 e. The van der Waals surface area contributed by atoms with Crippen LogP contribution in [0.3, 0.4) is 0 Å². The molecule has 3 N–H and O–H groups in total. The topological polar surface area (TPSA) is 80.1 Å². The zero-order valence-electron chi connectivity index (χ0n) is 14.9. The Bertz CT molecular complexity index is 1010. The van der Waals surface area contributed by atoms with Gasteiger partial charge in [-0.05, 0) is 42.9 Å². The van der Waals surface area contributed by atoms with Crippen molar-refractivity contribution in [3.63, 3.8) is 0 Å². The zero-order valence-corrected chi connectivity index (χ0v) is 15.8. The van der Waals surface area contributed by atoms with Gasteiger partial charge >= 0.3 is 5.69 Å². The van der Waals surface area contributed by atoms with E-state index < -0.39 is 0 Å². The third-order valence-electron chi connectivity index (χ3n) is 4.02. The van der Waals surface area contributed by atoms with Crippen LogP contribution < -0.4 is 21.9 Å². The SMILES string of the molecule is CCCn1c(=O)n(CC(=O)NNC(=S)Nc2ccccc2)c2ccccc21. The average Bonchev–Trinajstić information content (AvgIpc) is 2.93. The Hall–Kier alpha value is -3.13. The lowest BCUT2D eigenvalue weighted by molar-refractivity contribution is -0.122. The molecule has 1 amide bonds. The highest BCUT2D eigenvalue weighted by Gasteiger charge is 2.14. The van der Waals surface area contributed by atoms with Crippen molar-refractivity contribution in [2.24, 2.45) is 0 Å². The van der Waals surface area contributed by atoms with Crippen LogP contribution in [0.1, 0.15) is 13.3 Å². The molecule has 0 fully saturated rings. The summed E-state index contributed by atoms with van der Waals surface area (Å²) in [4.78, 5) is 25.0. The van der Waals surface area contributed by atoms with E-state index in [-0.39, 0.29) is 23.3 Å². The number of thiocarbonyl (C=S) groups is 1. The minimum absolute atomic E-state index is 0.100. The molecule has 140 valence electrons. The number of aryl methyl sites for hydroxylation is 1. The Kier molecular flexibility index (Phi) is 5.87. The Morgan fingerprint density at radius 2 is 1.59 bits per heavy atom. The summed E-state index contributed by atoms with van der Waals surface area (Å²) < 4.78 is 3.16. The molecule has 0 bridgehead atoms. The number of rotatable bonds is 5. The maximum absolute atomic E-state index is 12.7. The van der Waals surface area contributed by atoms with Crippen LogP contribution in [0.5, 0.6) is 0 Å². The average molecular weight is 383 g/mol. The van der Waals surface area contributed by atoms with Gasteiger partial charge in [0.1, 0.15) is 6.54 Å². The van der Waals surface area contributed by atoms with Gasteiger partial charge in [-0.3, -0.25) is 24.8 Å². The number of aromatic nitrogens is 2. The van der Waals surface area contributed by atoms with Crippen molar-refractivity contribution < 1.29 is 4.79 Å². The maximum atomic E-state index is 12.7. The van der Waals surface area contributed by atoms with Gasteiger partial charge in [0.05, 0.1) is 11.0 Å². The van der Waals surface area contributed by atoms with Gasteiger partial charge in [0.25, 0.3) is 5.91 Å². The molecule has 8 heteroatoms. The third kappa shape index (κ3) is 4.35. The molecular formula is C19H21N5O2S. The molecule has 0 atom stereocenters. The summed E-state index contributed by atoms with van der Waals surface area (Å²) in [5.74, 6) is -0.367. The number of hydrazine groups is 1. The van der Waals surface area contributed by atoms with E-state index in [9.17, 15) is 9.59 Å². The quantitative estimate of drug-likeness (QED) is 0.465. The number of para-hydroxylation sites is 3. The number of amides is 1. The van der Waals surface area contributed by atoms with Gasteiger partial charge in [0.15, 0.2) is 5.11 Å². The molecule has 0 saturated heterocycles. The third-order valence-corrected chi connectivity index (χ3v) is 4.23. The second kappa shape index (κ2) is 8.50. The summed E-state index contributed by atoms with van der Waals surface area (Å²) in [6.07, 6.45) is 0.834. The molecule has 0 unspecified atom stereocenters. The first-order valence-electron chi connectivity index (χ1n) is 8.69. The summed E-state index contributed by atoms with van der Waals surface area (Å²) in [6, 6.07) is 16.8. The standard InChI is InChI=1S/C19H21N5O2S/c1-2-12-23-15-10-6-7-11-16(15)24(19(23)26)13-17(25)21-22-18(27)20-14-8-4-3-5-9-14/h3-11H,2,12-13H2,1H3,(H,21,25)(H2,20,22,27). The van der Waals surface area contributed by atoms with Gasteiger partial charge in [-0.15, -0.1) is 0 Å². The van der Waals surface area contributed by atoms with E-state index in [2.05, 4.69) is 16.2 Å². The number of anilines is 1. The van der Waals surface area contributed by atoms with Gasteiger partial charge in [-0.1, -0.05) is 37.3 Å². The number of hydrogen-bond donors (Lipinski definition) is 3. The summed E-state index contributed by atoms with van der Waals surface area (Å²) in [5.41, 5.74) is 7.34. The first-order chi connectivity index (χ1) is 13.1. The number of nitrogens with zero attached hydrogens (tertiary/aromatic N) is 2. The lowest BCUT2D eigenvalue weighted by Gasteiger charge is -2.11. The van der Waals surface area contributed by atoms with E-state index in [4.69, 9.17) is 12.2 Å². The molecule has 7 nitrogen and oxygen atoms in total. The smallest absolute Gasteiger partial charge is 0.329 e. The van der Waals surface area contributed by atoms with Crippen molar-refractivity contribution in [1.82, 2.24) is 20.0 Å². The number of fused-ring (bicyclic) bond motifs is 1. The number of carbonyl (C=O) groups excluding carboxylic acids is 1. The van der Waals surface area contributed by atoms with Crippen LogP contribution >= 0.6 is 12.2 Å². The van der Waals surface area contributed by atoms with Crippen LogP contribution in [-0.2, 0) is 17.9 Å². The number of benzene rings is 2. The van der Waals surface area contributed by atoms with Gasteiger partial charge < -0.3 is 5.32 Å². The fourth-order valence-corrected chi connectivity index (χ4v) is 3.03. The molecular weight excluding hydrogens is 362 g/mol. The monoisotopic (exact) mass is 383 g/mol. The van der Waals surface area contributed by atoms with Gasteiger partial charge in [-0.25, -0.2) is 4.79 Å². The largest absolute Gasteiger partial charge is 0.331 e. The van der Waals surface area contributed by atoms with Crippen LogP contribution in [-0.4, -0.2) is 20.2 Å². The van der Waals surface area contributed by atoms with Crippen LogP contribution in [0.15, 0.2) is 59.4 Å². The van der Waals surface area contributed by atoms with E-state index in [1.165, 1.54) is 4.57 Å². The highest BCUT2D eigenvalue weighted by Crippen LogP contribution is 2.13. The van der Waals surface area contributed by atoms with E-state index >= 15 is 0 Å². The van der Waals surface area contributed by atoms with Gasteiger partial charge in [-0.2, -0.15) is 0 Å². The van der Waals surface area contributed by atoms with Crippen molar-refractivity contribution in [3.05, 3.63) is 65.1 Å². The zero-order chi connectivity index (χ0) is 19.2. The second-order valence-electron chi connectivity index (χ2n) is 6.00. The highest BCUT2D eigenvalue weighted by molar-refractivity contribution is 7.80. The number of carbonyl (C=O) groups is 1. The van der Waals surface area contributed by atoms with Crippen LogP contribution in [0.4, 0.5) is 5.69 Å². The molecule has 2 aromatic carbocycles. The van der Waals surface area contributed by atoms with Crippen molar-refractivity contribution in [1.29, 1.82) is 0 Å². The predicted molar refractivity (Wildman–Crippen MR) is 110 cm³/mol. The molecule has 3 rings (SSSR count). The van der Waals surface area contributed by atoms with Crippen molar-refractivity contribution in [2.45, 2.75) is 26.4 Å². The van der Waals surface area contributed by atoms with Crippen LogP contribution in [0.25, 0.3) is 11.0 Å². The number of hydrogen-bond acceptors (Lipinski definition) is 3. The number of nitrogens with one attached hydrogen (secondary N) is 3. The fraction of sp³-hybridized carbons (Fsp3) is 0.211. The molecule has 3 aromatic rings. The van der Waals surface area contributed by atoms with Crippen molar-refractivity contribution in [2.75, 3.05) is 5.32 Å². The van der Waals surface area contributed by atoms with Crippen LogP contribution in [0, 0.1) is 0 Å². The first kappa shape index (κ1) is 18.7. The minimum Gasteiger partial charge on any atom is -0.331 e. The highest BCUT2D eigenvalue weighted by atomic mass is 32.1. The van der Waals surface area contributed by atoms with Gasteiger partial charge in [0.2, 0.25) is 0 Å². The molecule has 0 radical (unpaired) electrons. The molecule has 27 heavy (non-hydrogen) atoms. The van der Waals surface area contributed by atoms with E-state index in [1.807, 2.05) is 61.5 Å². The molecule has 0 saturated carbocycles. The first-order valence-corrected chi connectivity index (χ1v) is 9.10. The molecule has 1 heterocycles. The summed E-state index contributed by atoms with van der Waals surface area (Å²) >= 11 is 5.15. The fourth-order valence-electron chi connectivity index (χ4n) is 2.86. The molecule has 0 aliphatic rings. The Morgan fingerprint density at radius 3 is 2.26 bits per heavy atom. The predicted octanol–water partition coefficient (Wildman–Crippen LogP) is 2.23. The van der Waals surface area contributed by atoms with E-state index in [1.54, 1.807) is 4.57 Å². The van der Waals surface area contributed by atoms with E-state index in [0.717, 1.165) is 23.1 Å². The summed E-state index contributed by atoms with van der Waals surface area (Å²) in [7, 11) is 0. The lowest BCUT2D eigenvalue weighted by atomic mass is 10.3. The molecule has 1 aromatic heterocycles. The second-order valence-corrected chi connectivity index (χ2v) is 6.41. The summed E-state index contributed by atoms with van der Waals surface area (Å²) in [6.45, 7) is 2.52. The van der Waals surface area contributed by atoms with Gasteiger partial charge in [0, 0.05) is 12.2 Å². The minimum atomic E-state index is -0.367. The Labute approximate surface area is 162 Å². The summed E-state index contributed by atoms with van der Waals surface area (Å²) in [5, 5.41) is 3.22. The lowest BCUT2D eigenvalue weighted by Crippen LogP contribution is -2.45. The van der Waals surface area contributed by atoms with Crippen molar-refractivity contribution in [3.8, 4) is 0 Å². The van der Waals surface area contributed by atoms with Crippen molar-refractivity contribution >= 4 is 40.0 Å². The molecule has 0 aliphatic heterocycles. The Balaban J connectivity index is 1.67. The van der Waals surface area contributed by atoms with E-state index in [0.29, 0.717) is 6.54 Å². The normalized spacial score (nSPS) is 10.6. The molecule has 0 aliphatic carbocycles.